The number of ether oxygens (including phenoxy) is 2. The van der Waals surface area contributed by atoms with Gasteiger partial charge in [0.15, 0.2) is 29.2 Å². The molecule has 3 rings (SSSR count). The molecule has 2 aliphatic heterocycles. The summed E-state index contributed by atoms with van der Waals surface area (Å²) < 4.78 is 66.3. The first-order valence-corrected chi connectivity index (χ1v) is 10.6. The molecule has 5 nitrogen and oxygen atoms in total. The van der Waals surface area contributed by atoms with Crippen LogP contribution in [0.15, 0.2) is 11.1 Å². The van der Waals surface area contributed by atoms with Crippen LogP contribution in [-0.4, -0.2) is 55.9 Å². The number of nitrogens with one attached hydrogen (secondary N) is 1. The molecule has 0 aromatic heterocycles. The van der Waals surface area contributed by atoms with Crippen molar-refractivity contribution in [3.05, 3.63) is 34.9 Å². The van der Waals surface area contributed by atoms with Crippen molar-refractivity contribution in [1.29, 1.82) is 0 Å². The van der Waals surface area contributed by atoms with Crippen LogP contribution in [0.25, 0.3) is 0 Å². The highest BCUT2D eigenvalue weighted by atomic mass is 19.2. The lowest BCUT2D eigenvalue weighted by Gasteiger charge is -2.35. The van der Waals surface area contributed by atoms with Gasteiger partial charge in [-0.3, -0.25) is 0 Å². The smallest absolute Gasteiger partial charge is 0.194 e. The van der Waals surface area contributed by atoms with Gasteiger partial charge in [-0.05, 0) is 39.0 Å². The maximum atomic E-state index is 13.9. The van der Waals surface area contributed by atoms with E-state index in [1.54, 1.807) is 0 Å². The minimum absolute atomic E-state index is 0.127. The Balaban J connectivity index is 1.57. The third kappa shape index (κ3) is 5.85. The maximum absolute atomic E-state index is 13.9. The van der Waals surface area contributed by atoms with Crippen LogP contribution in [0.1, 0.15) is 44.6 Å². The molecule has 9 heteroatoms. The average molecular weight is 431 g/mol. The molecule has 0 radical (unpaired) electrons. The molecule has 2 heterocycles. The van der Waals surface area contributed by atoms with Crippen LogP contribution in [0.2, 0.25) is 0 Å². The number of benzene rings is 1. The quantitative estimate of drug-likeness (QED) is 0.323. The summed E-state index contributed by atoms with van der Waals surface area (Å²) in [6, 6.07) is 0.201. The Morgan fingerprint density at radius 1 is 1.13 bits per heavy atom. The van der Waals surface area contributed by atoms with E-state index in [4.69, 9.17) is 9.47 Å². The number of hydrogen-bond acceptors (Lipinski definition) is 3. The minimum Gasteiger partial charge on any atom is -0.376 e. The highest BCUT2D eigenvalue weighted by Crippen LogP contribution is 2.21. The third-order valence-corrected chi connectivity index (χ3v) is 5.46. The molecule has 168 valence electrons. The van der Waals surface area contributed by atoms with Crippen molar-refractivity contribution >= 4 is 5.96 Å². The van der Waals surface area contributed by atoms with Gasteiger partial charge >= 0.3 is 0 Å². The largest absolute Gasteiger partial charge is 0.376 e. The Morgan fingerprint density at radius 3 is 2.43 bits per heavy atom. The molecule has 1 unspecified atom stereocenters. The van der Waals surface area contributed by atoms with E-state index < -0.39 is 35.4 Å². The molecule has 2 fully saturated rings. The van der Waals surface area contributed by atoms with E-state index in [9.17, 15) is 17.6 Å². The Labute approximate surface area is 174 Å². The van der Waals surface area contributed by atoms with Gasteiger partial charge in [0.2, 0.25) is 0 Å². The molecule has 0 aliphatic carbocycles. The zero-order valence-electron chi connectivity index (χ0n) is 17.2. The van der Waals surface area contributed by atoms with Crippen molar-refractivity contribution in [2.75, 3.05) is 32.8 Å². The summed E-state index contributed by atoms with van der Waals surface area (Å²) >= 11 is 0. The second-order valence-electron chi connectivity index (χ2n) is 7.63. The van der Waals surface area contributed by atoms with Crippen LogP contribution >= 0.6 is 0 Å². The van der Waals surface area contributed by atoms with Crippen molar-refractivity contribution in [3.63, 3.8) is 0 Å². The summed E-state index contributed by atoms with van der Waals surface area (Å²) in [4.78, 5) is 6.18. The molecule has 1 aromatic rings. The second-order valence-corrected chi connectivity index (χ2v) is 7.63. The van der Waals surface area contributed by atoms with E-state index in [0.29, 0.717) is 32.2 Å². The van der Waals surface area contributed by atoms with E-state index in [-0.39, 0.29) is 18.3 Å². The molecule has 2 saturated heterocycles. The van der Waals surface area contributed by atoms with Crippen LogP contribution in [0.5, 0.6) is 0 Å². The average Bonchev–Trinajstić information content (AvgIpc) is 2.77. The molecule has 2 aliphatic rings. The lowest BCUT2D eigenvalue weighted by Crippen LogP contribution is -2.47. The van der Waals surface area contributed by atoms with Gasteiger partial charge in [-0.2, -0.15) is 0 Å². The summed E-state index contributed by atoms with van der Waals surface area (Å²) in [5.41, 5.74) is -0.714. The molecule has 0 amide bonds. The van der Waals surface area contributed by atoms with Crippen molar-refractivity contribution < 1.29 is 27.0 Å². The lowest BCUT2D eigenvalue weighted by molar-refractivity contribution is -0.0721. The highest BCUT2D eigenvalue weighted by molar-refractivity contribution is 5.80. The fourth-order valence-corrected chi connectivity index (χ4v) is 3.76. The number of halogens is 4. The lowest BCUT2D eigenvalue weighted by atomic mass is 10.1. The first-order valence-electron chi connectivity index (χ1n) is 10.6. The predicted molar refractivity (Wildman–Crippen MR) is 105 cm³/mol. The van der Waals surface area contributed by atoms with E-state index >= 15 is 0 Å². The zero-order valence-corrected chi connectivity index (χ0v) is 17.2. The van der Waals surface area contributed by atoms with Crippen molar-refractivity contribution in [2.45, 2.75) is 57.8 Å². The van der Waals surface area contributed by atoms with Crippen molar-refractivity contribution in [2.24, 2.45) is 4.99 Å². The molecule has 0 spiro atoms. The fraction of sp³-hybridized carbons (Fsp3) is 0.667. The van der Waals surface area contributed by atoms with Crippen molar-refractivity contribution in [3.8, 4) is 0 Å². The number of piperidine rings is 1. The van der Waals surface area contributed by atoms with Crippen LogP contribution in [0.4, 0.5) is 17.6 Å². The van der Waals surface area contributed by atoms with E-state index in [0.717, 1.165) is 32.3 Å². The summed E-state index contributed by atoms with van der Waals surface area (Å²) in [5.74, 6) is -5.22. The Morgan fingerprint density at radius 2 is 1.83 bits per heavy atom. The van der Waals surface area contributed by atoms with Gasteiger partial charge in [-0.25, -0.2) is 22.6 Å². The Hall–Kier alpha value is -1.87. The Bertz CT molecular complexity index is 707. The van der Waals surface area contributed by atoms with Crippen LogP contribution < -0.4 is 5.32 Å². The molecule has 0 bridgehead atoms. The Kier molecular flexibility index (Phi) is 8.32. The first-order chi connectivity index (χ1) is 14.5. The number of aliphatic imine (C=N–C) groups is 1. The van der Waals surface area contributed by atoms with E-state index in [1.807, 2.05) is 11.8 Å². The van der Waals surface area contributed by atoms with E-state index in [1.165, 1.54) is 6.42 Å². The highest BCUT2D eigenvalue weighted by Gasteiger charge is 2.24. The molecule has 0 saturated carbocycles. The molecule has 1 N–H and O–H groups in total. The monoisotopic (exact) mass is 431 g/mol. The summed E-state index contributed by atoms with van der Waals surface area (Å²) in [7, 11) is 0. The van der Waals surface area contributed by atoms with Gasteiger partial charge in [-0.1, -0.05) is 0 Å². The first kappa shape index (κ1) is 22.8. The number of nitrogens with zero attached hydrogens (tertiary/aromatic N) is 2. The SMILES string of the molecule is CCNC(=NCc1c(F)c(F)cc(F)c1F)N1CCC(OCC2CCCCO2)CC1. The van der Waals surface area contributed by atoms with Gasteiger partial charge in [-0.15, -0.1) is 0 Å². The maximum Gasteiger partial charge on any atom is 0.194 e. The summed E-state index contributed by atoms with van der Waals surface area (Å²) in [5, 5.41) is 3.07. The van der Waals surface area contributed by atoms with Gasteiger partial charge in [0.1, 0.15) is 0 Å². The van der Waals surface area contributed by atoms with Crippen LogP contribution in [-0.2, 0) is 16.0 Å². The number of likely N-dealkylation sites (tertiary alicyclic amines) is 1. The van der Waals surface area contributed by atoms with Gasteiger partial charge in [0.25, 0.3) is 0 Å². The summed E-state index contributed by atoms with van der Waals surface area (Å²) in [6.45, 7) is 4.64. The third-order valence-electron chi connectivity index (χ3n) is 5.46. The van der Waals surface area contributed by atoms with Crippen molar-refractivity contribution in [1.82, 2.24) is 10.2 Å². The minimum atomic E-state index is -1.43. The molecular formula is C21H29F4N3O2. The second kappa shape index (κ2) is 10.9. The number of guanidine groups is 1. The molecule has 1 atom stereocenters. The molecule has 30 heavy (non-hydrogen) atoms. The van der Waals surface area contributed by atoms with Gasteiger partial charge in [0.05, 0.1) is 30.9 Å². The molecule has 1 aromatic carbocycles. The fourth-order valence-electron chi connectivity index (χ4n) is 3.76. The number of rotatable bonds is 6. The summed E-state index contributed by atoms with van der Waals surface area (Å²) in [6.07, 6.45) is 5.18. The normalized spacial score (nSPS) is 21.2. The van der Waals surface area contributed by atoms with E-state index in [2.05, 4.69) is 10.3 Å². The topological polar surface area (TPSA) is 46.1 Å². The van der Waals surface area contributed by atoms with Gasteiger partial charge < -0.3 is 19.7 Å². The predicted octanol–water partition coefficient (Wildman–Crippen LogP) is 3.76. The van der Waals surface area contributed by atoms with Crippen LogP contribution in [0, 0.1) is 23.3 Å². The number of hydrogen-bond donors (Lipinski definition) is 1. The van der Waals surface area contributed by atoms with Crippen LogP contribution in [0.3, 0.4) is 0 Å². The zero-order chi connectivity index (χ0) is 21.5. The standard InChI is InChI=1S/C21H29F4N3O2/c1-2-26-21(27-12-16-19(24)17(22)11-18(23)20(16)25)28-8-6-14(7-9-28)30-13-15-5-3-4-10-29-15/h11,14-15H,2-10,12-13H2,1H3,(H,26,27). The van der Waals surface area contributed by atoms with Gasteiger partial charge in [0, 0.05) is 32.3 Å². The molecular weight excluding hydrogens is 402 g/mol.